The van der Waals surface area contributed by atoms with Gasteiger partial charge in [-0.2, -0.15) is 0 Å². The summed E-state index contributed by atoms with van der Waals surface area (Å²) >= 11 is 0. The van der Waals surface area contributed by atoms with Crippen LogP contribution in [0.4, 0.5) is 11.4 Å². The van der Waals surface area contributed by atoms with E-state index in [2.05, 4.69) is 67.4 Å². The molecule has 164 valence electrons. The molecule has 31 heavy (non-hydrogen) atoms. The van der Waals surface area contributed by atoms with Crippen LogP contribution in [0.15, 0.2) is 36.4 Å². The highest BCUT2D eigenvalue weighted by molar-refractivity contribution is 5.86. The van der Waals surface area contributed by atoms with Crippen LogP contribution in [0.2, 0.25) is 0 Å². The summed E-state index contributed by atoms with van der Waals surface area (Å²) < 4.78 is 11.5. The second-order valence-electron chi connectivity index (χ2n) is 10.3. The van der Waals surface area contributed by atoms with Crippen LogP contribution < -0.4 is 15.0 Å². The average Bonchev–Trinajstić information content (AvgIpc) is 2.69. The molecule has 3 aliphatic rings. The SMILES string of the molecule is COC(=O)C1CN(c2cccc(-c3cc(C(C)(C)C)cc4c3NCC3(CCC3)O4)c2)C1. The van der Waals surface area contributed by atoms with Gasteiger partial charge in [-0.25, -0.2) is 0 Å². The number of methoxy groups -OCH3 is 1. The zero-order valence-corrected chi connectivity index (χ0v) is 19.0. The van der Waals surface area contributed by atoms with E-state index in [0.717, 1.165) is 36.5 Å². The molecule has 2 heterocycles. The van der Waals surface area contributed by atoms with Gasteiger partial charge >= 0.3 is 5.97 Å². The minimum atomic E-state index is -0.120. The maximum Gasteiger partial charge on any atom is 0.312 e. The van der Waals surface area contributed by atoms with Crippen molar-refractivity contribution >= 4 is 17.3 Å². The smallest absolute Gasteiger partial charge is 0.312 e. The number of anilines is 2. The van der Waals surface area contributed by atoms with E-state index in [1.165, 1.54) is 30.2 Å². The van der Waals surface area contributed by atoms with Gasteiger partial charge in [-0.1, -0.05) is 32.9 Å². The molecule has 0 atom stereocenters. The summed E-state index contributed by atoms with van der Waals surface area (Å²) in [6, 6.07) is 13.1. The molecule has 0 bridgehead atoms. The van der Waals surface area contributed by atoms with Crippen LogP contribution in [0.3, 0.4) is 0 Å². The lowest BCUT2D eigenvalue weighted by atomic mass is 9.78. The minimum absolute atomic E-state index is 0.0246. The summed E-state index contributed by atoms with van der Waals surface area (Å²) in [5, 5.41) is 3.71. The Bertz CT molecular complexity index is 1010. The fraction of sp³-hybridized carbons (Fsp3) is 0.500. The van der Waals surface area contributed by atoms with Crippen LogP contribution >= 0.6 is 0 Å². The predicted octanol–water partition coefficient (Wildman–Crippen LogP) is 4.99. The van der Waals surface area contributed by atoms with E-state index in [1.54, 1.807) is 0 Å². The van der Waals surface area contributed by atoms with Gasteiger partial charge in [0.2, 0.25) is 0 Å². The average molecular weight is 421 g/mol. The number of hydrogen-bond donors (Lipinski definition) is 1. The van der Waals surface area contributed by atoms with Crippen LogP contribution in [0.25, 0.3) is 11.1 Å². The fourth-order valence-electron chi connectivity index (χ4n) is 4.78. The van der Waals surface area contributed by atoms with Gasteiger partial charge in [0.25, 0.3) is 0 Å². The highest BCUT2D eigenvalue weighted by Crippen LogP contribution is 2.48. The van der Waals surface area contributed by atoms with E-state index < -0.39 is 0 Å². The zero-order chi connectivity index (χ0) is 21.8. The van der Waals surface area contributed by atoms with Crippen molar-refractivity contribution in [1.82, 2.24) is 0 Å². The van der Waals surface area contributed by atoms with Crippen molar-refractivity contribution in [1.29, 1.82) is 0 Å². The Morgan fingerprint density at radius 3 is 2.61 bits per heavy atom. The van der Waals surface area contributed by atoms with Crippen LogP contribution in [0, 0.1) is 5.92 Å². The largest absolute Gasteiger partial charge is 0.483 e. The molecule has 0 aromatic heterocycles. The number of carbonyl (C=O) groups excluding carboxylic acids is 1. The van der Waals surface area contributed by atoms with Crippen LogP contribution in [-0.2, 0) is 14.9 Å². The van der Waals surface area contributed by atoms with Gasteiger partial charge in [-0.05, 0) is 60.1 Å². The normalized spacial score (nSPS) is 19.5. The Hall–Kier alpha value is -2.69. The molecule has 2 aliphatic heterocycles. The zero-order valence-electron chi connectivity index (χ0n) is 19.0. The Labute approximate surface area is 184 Å². The second-order valence-corrected chi connectivity index (χ2v) is 10.3. The van der Waals surface area contributed by atoms with Crippen molar-refractivity contribution in [3.05, 3.63) is 42.0 Å². The maximum atomic E-state index is 11.8. The van der Waals surface area contributed by atoms with Gasteiger partial charge in [0, 0.05) is 24.3 Å². The third kappa shape index (κ3) is 3.54. The van der Waals surface area contributed by atoms with Gasteiger partial charge in [0.1, 0.15) is 11.4 Å². The molecule has 5 rings (SSSR count). The standard InChI is InChI=1S/C26H32N2O3/c1-25(2,3)19-12-21(23-22(13-19)31-26(16-27-23)9-6-10-26)17-7-5-8-20(11-17)28-14-18(15-28)24(29)30-4/h5,7-8,11-13,18,27H,6,9-10,14-16H2,1-4H3. The van der Waals surface area contributed by atoms with Gasteiger partial charge in [0.15, 0.2) is 0 Å². The van der Waals surface area contributed by atoms with Gasteiger partial charge in [0.05, 0.1) is 25.3 Å². The number of carbonyl (C=O) groups is 1. The highest BCUT2D eigenvalue weighted by atomic mass is 16.5. The lowest BCUT2D eigenvalue weighted by Gasteiger charge is -2.46. The Balaban J connectivity index is 1.50. The molecule has 5 nitrogen and oxygen atoms in total. The lowest BCUT2D eigenvalue weighted by molar-refractivity contribution is -0.146. The monoisotopic (exact) mass is 420 g/mol. The molecule has 0 amide bonds. The van der Waals surface area contributed by atoms with E-state index in [-0.39, 0.29) is 22.9 Å². The molecule has 0 unspecified atom stereocenters. The van der Waals surface area contributed by atoms with Crippen LogP contribution in [0.5, 0.6) is 5.75 Å². The van der Waals surface area contributed by atoms with E-state index in [1.807, 2.05) is 0 Å². The Kier molecular flexibility index (Phi) is 4.68. The Morgan fingerprint density at radius 2 is 1.97 bits per heavy atom. The first-order valence-corrected chi connectivity index (χ1v) is 11.3. The molecule has 2 aromatic rings. The third-order valence-electron chi connectivity index (χ3n) is 7.09. The highest BCUT2D eigenvalue weighted by Gasteiger charge is 2.43. The second kappa shape index (κ2) is 7.18. The van der Waals surface area contributed by atoms with Gasteiger partial charge in [-0.3, -0.25) is 4.79 Å². The first-order valence-electron chi connectivity index (χ1n) is 11.3. The van der Waals surface area contributed by atoms with Gasteiger partial charge in [-0.15, -0.1) is 0 Å². The molecule has 1 N–H and O–H groups in total. The predicted molar refractivity (Wildman–Crippen MR) is 124 cm³/mol. The summed E-state index contributed by atoms with van der Waals surface area (Å²) in [6.45, 7) is 9.03. The number of benzene rings is 2. The first-order chi connectivity index (χ1) is 14.8. The van der Waals surface area contributed by atoms with Crippen molar-refractivity contribution in [3.63, 3.8) is 0 Å². The summed E-state index contributed by atoms with van der Waals surface area (Å²) in [5.41, 5.74) is 5.87. The number of esters is 1. The van der Waals surface area contributed by atoms with Crippen molar-refractivity contribution < 1.29 is 14.3 Å². The molecule has 0 radical (unpaired) electrons. The number of rotatable bonds is 3. The molecular formula is C26H32N2O3. The lowest BCUT2D eigenvalue weighted by Crippen LogP contribution is -2.51. The van der Waals surface area contributed by atoms with E-state index >= 15 is 0 Å². The van der Waals surface area contributed by atoms with Crippen molar-refractivity contribution in [2.45, 2.75) is 51.0 Å². The van der Waals surface area contributed by atoms with Crippen molar-refractivity contribution in [2.75, 3.05) is 37.0 Å². The molecule has 5 heteroatoms. The number of hydrogen-bond acceptors (Lipinski definition) is 5. The molecule has 2 fully saturated rings. The topological polar surface area (TPSA) is 50.8 Å². The minimum Gasteiger partial charge on any atom is -0.483 e. The molecule has 1 saturated heterocycles. The van der Waals surface area contributed by atoms with E-state index in [4.69, 9.17) is 9.47 Å². The van der Waals surface area contributed by atoms with Crippen LogP contribution in [-0.4, -0.2) is 38.3 Å². The number of fused-ring (bicyclic) bond motifs is 1. The van der Waals surface area contributed by atoms with Crippen LogP contribution in [0.1, 0.15) is 45.6 Å². The number of nitrogens with zero attached hydrogens (tertiary/aromatic N) is 1. The number of ether oxygens (including phenoxy) is 2. The molecule has 1 saturated carbocycles. The van der Waals surface area contributed by atoms with Crippen molar-refractivity contribution in [3.8, 4) is 16.9 Å². The quantitative estimate of drug-likeness (QED) is 0.709. The number of nitrogens with one attached hydrogen (secondary N) is 1. The Morgan fingerprint density at radius 1 is 1.19 bits per heavy atom. The summed E-state index contributed by atoms with van der Waals surface area (Å²) in [5.74, 6) is 0.832. The molecule has 2 aromatic carbocycles. The fourth-order valence-corrected chi connectivity index (χ4v) is 4.78. The van der Waals surface area contributed by atoms with E-state index in [9.17, 15) is 4.79 Å². The summed E-state index contributed by atoms with van der Waals surface area (Å²) in [7, 11) is 1.46. The molecule has 1 aliphatic carbocycles. The molecular weight excluding hydrogens is 388 g/mol. The third-order valence-corrected chi connectivity index (χ3v) is 7.09. The first kappa shape index (κ1) is 20.2. The van der Waals surface area contributed by atoms with E-state index in [0.29, 0.717) is 13.1 Å². The maximum absolute atomic E-state index is 11.8. The van der Waals surface area contributed by atoms with Crippen molar-refractivity contribution in [2.24, 2.45) is 5.92 Å². The van der Waals surface area contributed by atoms with Gasteiger partial charge < -0.3 is 19.7 Å². The summed E-state index contributed by atoms with van der Waals surface area (Å²) in [4.78, 5) is 14.0. The molecule has 1 spiro atoms. The summed E-state index contributed by atoms with van der Waals surface area (Å²) in [6.07, 6.45) is 3.49.